The van der Waals surface area contributed by atoms with Gasteiger partial charge in [-0.05, 0) is 31.5 Å². The van der Waals surface area contributed by atoms with Crippen molar-refractivity contribution in [2.75, 3.05) is 5.43 Å². The molecule has 0 atom stereocenters. The summed E-state index contributed by atoms with van der Waals surface area (Å²) in [5, 5.41) is 12.0. The van der Waals surface area contributed by atoms with Gasteiger partial charge in [0.1, 0.15) is 0 Å². The van der Waals surface area contributed by atoms with Crippen LogP contribution in [0.3, 0.4) is 0 Å². The fourth-order valence-electron chi connectivity index (χ4n) is 1.96. The van der Waals surface area contributed by atoms with Crippen LogP contribution in [0.5, 0.6) is 0 Å². The van der Waals surface area contributed by atoms with Crippen molar-refractivity contribution >= 4 is 23.4 Å². The first-order valence-corrected chi connectivity index (χ1v) is 8.52. The summed E-state index contributed by atoms with van der Waals surface area (Å²) in [5.41, 5.74) is 6.97. The maximum atomic E-state index is 4.37. The van der Waals surface area contributed by atoms with Crippen LogP contribution >= 0.6 is 11.8 Å². The number of rotatable bonds is 6. The molecule has 3 aromatic rings. The first-order valence-electron chi connectivity index (χ1n) is 7.53. The molecule has 0 aliphatic carbocycles. The van der Waals surface area contributed by atoms with Crippen molar-refractivity contribution in [2.45, 2.75) is 24.8 Å². The number of aryl methyl sites for hydroxylation is 1. The Morgan fingerprint density at radius 3 is 2.79 bits per heavy atom. The lowest BCUT2D eigenvalue weighted by Crippen LogP contribution is -2.02. The topological polar surface area (TPSA) is 78.9 Å². The minimum atomic E-state index is 0.511. The van der Waals surface area contributed by atoms with Crippen molar-refractivity contribution in [1.82, 2.24) is 20.2 Å². The van der Waals surface area contributed by atoms with E-state index in [1.807, 2.05) is 25.1 Å². The van der Waals surface area contributed by atoms with E-state index in [2.05, 4.69) is 61.9 Å². The molecule has 24 heavy (non-hydrogen) atoms. The number of hydrogen-bond acceptors (Lipinski definition) is 6. The highest BCUT2D eigenvalue weighted by atomic mass is 32.2. The predicted octanol–water partition coefficient (Wildman–Crippen LogP) is 3.64. The van der Waals surface area contributed by atoms with Crippen LogP contribution < -0.4 is 5.43 Å². The molecule has 0 fully saturated rings. The van der Waals surface area contributed by atoms with Crippen LogP contribution in [0.1, 0.15) is 23.7 Å². The number of nitrogens with one attached hydrogen (secondary N) is 2. The minimum absolute atomic E-state index is 0.511. The number of aromatic nitrogens is 4. The number of H-pyrrole nitrogens is 1. The van der Waals surface area contributed by atoms with Gasteiger partial charge >= 0.3 is 0 Å². The van der Waals surface area contributed by atoms with Gasteiger partial charge in [0.15, 0.2) is 0 Å². The van der Waals surface area contributed by atoms with Gasteiger partial charge in [-0.15, -0.1) is 5.10 Å². The Labute approximate surface area is 144 Å². The number of pyridine rings is 1. The van der Waals surface area contributed by atoms with Gasteiger partial charge in [-0.1, -0.05) is 47.7 Å². The van der Waals surface area contributed by atoms with Crippen molar-refractivity contribution < 1.29 is 0 Å². The summed E-state index contributed by atoms with van der Waals surface area (Å²) in [6, 6.07) is 14.2. The van der Waals surface area contributed by atoms with Gasteiger partial charge in [-0.2, -0.15) is 10.1 Å². The third-order valence-corrected chi connectivity index (χ3v) is 4.24. The smallest absolute Gasteiger partial charge is 0.240 e. The average molecular weight is 338 g/mol. The molecule has 0 aliphatic rings. The SMILES string of the molecule is C/C(=N\Nc1nc(SCc2ccc(C)cc2)n[nH]1)c1ccccn1. The van der Waals surface area contributed by atoms with Crippen molar-refractivity contribution in [3.05, 3.63) is 65.5 Å². The van der Waals surface area contributed by atoms with E-state index in [9.17, 15) is 0 Å². The van der Waals surface area contributed by atoms with Crippen molar-refractivity contribution in [3.63, 3.8) is 0 Å². The van der Waals surface area contributed by atoms with E-state index in [-0.39, 0.29) is 0 Å². The molecule has 2 heterocycles. The number of hydrazone groups is 1. The third kappa shape index (κ3) is 4.42. The van der Waals surface area contributed by atoms with Gasteiger partial charge in [0.25, 0.3) is 0 Å². The second-order valence-corrected chi connectivity index (χ2v) is 6.21. The Balaban J connectivity index is 1.56. The van der Waals surface area contributed by atoms with Crippen LogP contribution in [-0.4, -0.2) is 25.9 Å². The van der Waals surface area contributed by atoms with Gasteiger partial charge in [0.2, 0.25) is 11.1 Å². The average Bonchev–Trinajstić information content (AvgIpc) is 3.08. The van der Waals surface area contributed by atoms with Crippen LogP contribution in [0.15, 0.2) is 58.9 Å². The Kier molecular flexibility index (Phi) is 5.22. The highest BCUT2D eigenvalue weighted by Crippen LogP contribution is 2.20. The predicted molar refractivity (Wildman–Crippen MR) is 97.2 cm³/mol. The highest BCUT2D eigenvalue weighted by molar-refractivity contribution is 7.98. The quantitative estimate of drug-likeness (QED) is 0.407. The van der Waals surface area contributed by atoms with Crippen LogP contribution in [0, 0.1) is 6.92 Å². The molecule has 2 aromatic heterocycles. The summed E-state index contributed by atoms with van der Waals surface area (Å²) in [6.07, 6.45) is 1.74. The monoisotopic (exact) mass is 338 g/mol. The molecule has 0 radical (unpaired) electrons. The lowest BCUT2D eigenvalue weighted by Gasteiger charge is -1.99. The molecule has 6 nitrogen and oxygen atoms in total. The zero-order chi connectivity index (χ0) is 16.8. The fourth-order valence-corrected chi connectivity index (χ4v) is 2.72. The number of hydrogen-bond donors (Lipinski definition) is 2. The Morgan fingerprint density at radius 1 is 1.21 bits per heavy atom. The first-order chi connectivity index (χ1) is 11.7. The molecule has 0 bridgehead atoms. The number of nitrogens with zero attached hydrogens (tertiary/aromatic N) is 4. The molecule has 0 saturated heterocycles. The highest BCUT2D eigenvalue weighted by Gasteiger charge is 2.04. The lowest BCUT2D eigenvalue weighted by molar-refractivity contribution is 0.972. The molecule has 122 valence electrons. The molecule has 0 unspecified atom stereocenters. The van der Waals surface area contributed by atoms with Crippen LogP contribution in [0.4, 0.5) is 5.95 Å². The molecule has 0 saturated carbocycles. The summed E-state index contributed by atoms with van der Waals surface area (Å²) in [5.74, 6) is 1.34. The number of thioether (sulfide) groups is 1. The van der Waals surface area contributed by atoms with Gasteiger partial charge < -0.3 is 0 Å². The molecule has 0 spiro atoms. The molecular formula is C17H18N6S. The maximum absolute atomic E-state index is 4.37. The summed E-state index contributed by atoms with van der Waals surface area (Å²) < 4.78 is 0. The van der Waals surface area contributed by atoms with Gasteiger partial charge in [-0.3, -0.25) is 4.98 Å². The third-order valence-electron chi connectivity index (χ3n) is 3.32. The van der Waals surface area contributed by atoms with Gasteiger partial charge in [-0.25, -0.2) is 10.5 Å². The van der Waals surface area contributed by atoms with Crippen molar-refractivity contribution in [2.24, 2.45) is 5.10 Å². The molecule has 0 aliphatic heterocycles. The number of anilines is 1. The Hall–Kier alpha value is -2.67. The number of aromatic amines is 1. The van der Waals surface area contributed by atoms with E-state index in [1.54, 1.807) is 18.0 Å². The maximum Gasteiger partial charge on any atom is 0.240 e. The van der Waals surface area contributed by atoms with Crippen molar-refractivity contribution in [3.8, 4) is 0 Å². The second kappa shape index (κ2) is 7.74. The van der Waals surface area contributed by atoms with Crippen molar-refractivity contribution in [1.29, 1.82) is 0 Å². The van der Waals surface area contributed by atoms with E-state index in [1.165, 1.54) is 11.1 Å². The lowest BCUT2D eigenvalue weighted by atomic mass is 10.2. The molecule has 1 aromatic carbocycles. The molecule has 7 heteroatoms. The normalized spacial score (nSPS) is 11.5. The molecule has 0 amide bonds. The van der Waals surface area contributed by atoms with E-state index >= 15 is 0 Å². The molecule has 3 rings (SSSR count). The van der Waals surface area contributed by atoms with Gasteiger partial charge in [0.05, 0.1) is 11.4 Å². The molecular weight excluding hydrogens is 320 g/mol. The summed E-state index contributed by atoms with van der Waals surface area (Å²) in [4.78, 5) is 8.61. The van der Waals surface area contributed by atoms with Crippen LogP contribution in [0.25, 0.3) is 0 Å². The second-order valence-electron chi connectivity index (χ2n) is 5.26. The molecule has 2 N–H and O–H groups in total. The zero-order valence-corrected chi connectivity index (χ0v) is 14.3. The largest absolute Gasteiger partial charge is 0.255 e. The summed E-state index contributed by atoms with van der Waals surface area (Å²) >= 11 is 1.58. The van der Waals surface area contributed by atoms with E-state index in [0.717, 1.165) is 17.2 Å². The van der Waals surface area contributed by atoms with E-state index in [0.29, 0.717) is 11.1 Å². The van der Waals surface area contributed by atoms with Crippen LogP contribution in [-0.2, 0) is 5.75 Å². The fraction of sp³-hybridized carbons (Fsp3) is 0.176. The number of benzene rings is 1. The van der Waals surface area contributed by atoms with E-state index in [4.69, 9.17) is 0 Å². The summed E-state index contributed by atoms with van der Waals surface area (Å²) in [6.45, 7) is 3.97. The van der Waals surface area contributed by atoms with Gasteiger partial charge in [0, 0.05) is 11.9 Å². The first kappa shape index (κ1) is 16.2. The minimum Gasteiger partial charge on any atom is -0.255 e. The Morgan fingerprint density at radius 2 is 2.04 bits per heavy atom. The van der Waals surface area contributed by atoms with E-state index < -0.39 is 0 Å². The van der Waals surface area contributed by atoms with Crippen LogP contribution in [0.2, 0.25) is 0 Å². The standard InChI is InChI=1S/C17H18N6S/c1-12-6-8-14(9-7-12)11-24-17-19-16(22-23-17)21-20-13(2)15-5-3-4-10-18-15/h3-10H,11H2,1-2H3,(H2,19,21,22,23)/b20-13+. The Bertz CT molecular complexity index is 811. The summed E-state index contributed by atoms with van der Waals surface area (Å²) in [7, 11) is 0. The zero-order valence-electron chi connectivity index (χ0n) is 13.5.